The van der Waals surface area contributed by atoms with Crippen LogP contribution in [-0.2, 0) is 0 Å². The maximum absolute atomic E-state index is 11.6. The summed E-state index contributed by atoms with van der Waals surface area (Å²) in [7, 11) is 1.51. The normalized spacial score (nSPS) is 10.1. The van der Waals surface area contributed by atoms with Crippen LogP contribution in [0.3, 0.4) is 0 Å². The minimum Gasteiger partial charge on any atom is -0.495 e. The number of benzene rings is 1. The Morgan fingerprint density at radius 3 is 2.75 bits per heavy atom. The summed E-state index contributed by atoms with van der Waals surface area (Å²) in [5.74, 6) is 0.537. The SMILES string of the molecule is COc1ccccc1-n1cc[nH]c(=O)c1=O. The molecule has 1 aromatic carbocycles. The average Bonchev–Trinajstić information content (AvgIpc) is 2.33. The molecular weight excluding hydrogens is 208 g/mol. The first-order valence-corrected chi connectivity index (χ1v) is 4.68. The number of H-pyrrole nitrogens is 1. The van der Waals surface area contributed by atoms with Crippen molar-refractivity contribution in [3.05, 3.63) is 57.4 Å². The number of aromatic nitrogens is 2. The molecule has 5 nitrogen and oxygen atoms in total. The molecule has 0 aliphatic heterocycles. The molecule has 0 atom stereocenters. The molecule has 5 heteroatoms. The molecule has 0 aliphatic rings. The average molecular weight is 218 g/mol. The van der Waals surface area contributed by atoms with E-state index in [0.717, 1.165) is 0 Å². The van der Waals surface area contributed by atoms with E-state index in [1.807, 2.05) is 0 Å². The highest BCUT2D eigenvalue weighted by atomic mass is 16.5. The number of rotatable bonds is 2. The summed E-state index contributed by atoms with van der Waals surface area (Å²) in [5.41, 5.74) is -0.749. The summed E-state index contributed by atoms with van der Waals surface area (Å²) in [6.07, 6.45) is 2.90. The van der Waals surface area contributed by atoms with Crippen molar-refractivity contribution in [1.82, 2.24) is 9.55 Å². The van der Waals surface area contributed by atoms with Crippen LogP contribution in [-0.4, -0.2) is 16.7 Å². The summed E-state index contributed by atoms with van der Waals surface area (Å²) in [5, 5.41) is 0. The van der Waals surface area contributed by atoms with Gasteiger partial charge < -0.3 is 9.72 Å². The smallest absolute Gasteiger partial charge is 0.320 e. The van der Waals surface area contributed by atoms with E-state index in [1.54, 1.807) is 24.3 Å². The maximum Gasteiger partial charge on any atom is 0.320 e. The lowest BCUT2D eigenvalue weighted by Gasteiger charge is -2.09. The van der Waals surface area contributed by atoms with Crippen LogP contribution in [0.4, 0.5) is 0 Å². The van der Waals surface area contributed by atoms with E-state index in [1.165, 1.54) is 24.1 Å². The summed E-state index contributed by atoms with van der Waals surface area (Å²) in [6, 6.07) is 6.99. The molecule has 0 saturated carbocycles. The molecule has 0 fully saturated rings. The van der Waals surface area contributed by atoms with Gasteiger partial charge in [0.15, 0.2) is 0 Å². The van der Waals surface area contributed by atoms with Gasteiger partial charge in [0, 0.05) is 12.4 Å². The third-order valence-corrected chi connectivity index (χ3v) is 2.20. The van der Waals surface area contributed by atoms with E-state index in [4.69, 9.17) is 4.74 Å². The van der Waals surface area contributed by atoms with Gasteiger partial charge >= 0.3 is 11.1 Å². The van der Waals surface area contributed by atoms with Crippen LogP contribution in [0, 0.1) is 0 Å². The second-order valence-corrected chi connectivity index (χ2v) is 3.14. The summed E-state index contributed by atoms with van der Waals surface area (Å²) >= 11 is 0. The van der Waals surface area contributed by atoms with Crippen molar-refractivity contribution in [1.29, 1.82) is 0 Å². The van der Waals surface area contributed by atoms with E-state index in [2.05, 4.69) is 4.98 Å². The molecule has 0 unspecified atom stereocenters. The van der Waals surface area contributed by atoms with Crippen molar-refractivity contribution in [3.63, 3.8) is 0 Å². The third-order valence-electron chi connectivity index (χ3n) is 2.20. The van der Waals surface area contributed by atoms with Gasteiger partial charge in [0.2, 0.25) is 0 Å². The molecular formula is C11H10N2O3. The summed E-state index contributed by atoms with van der Waals surface area (Å²) in [4.78, 5) is 25.1. The number of nitrogens with one attached hydrogen (secondary N) is 1. The first-order valence-electron chi connectivity index (χ1n) is 4.68. The Bertz CT molecular complexity index is 613. The Balaban J connectivity index is 2.73. The predicted octanol–water partition coefficient (Wildman–Crippen LogP) is 0.534. The van der Waals surface area contributed by atoms with Crippen LogP contribution in [0.1, 0.15) is 0 Å². The quantitative estimate of drug-likeness (QED) is 0.748. The zero-order valence-electron chi connectivity index (χ0n) is 8.64. The Morgan fingerprint density at radius 2 is 2.00 bits per heavy atom. The van der Waals surface area contributed by atoms with Gasteiger partial charge in [-0.15, -0.1) is 0 Å². The Kier molecular flexibility index (Phi) is 2.59. The molecule has 1 heterocycles. The molecule has 1 aromatic heterocycles. The summed E-state index contributed by atoms with van der Waals surface area (Å²) < 4.78 is 6.37. The Labute approximate surface area is 90.9 Å². The lowest BCUT2D eigenvalue weighted by molar-refractivity contribution is 0.412. The van der Waals surface area contributed by atoms with Gasteiger partial charge in [0.25, 0.3) is 0 Å². The van der Waals surface area contributed by atoms with Crippen molar-refractivity contribution in [2.24, 2.45) is 0 Å². The second-order valence-electron chi connectivity index (χ2n) is 3.14. The van der Waals surface area contributed by atoms with E-state index in [9.17, 15) is 9.59 Å². The topological polar surface area (TPSA) is 64.1 Å². The van der Waals surface area contributed by atoms with Crippen molar-refractivity contribution in [3.8, 4) is 11.4 Å². The van der Waals surface area contributed by atoms with Crippen LogP contribution in [0.15, 0.2) is 46.2 Å². The highest BCUT2D eigenvalue weighted by Crippen LogP contribution is 2.19. The minimum absolute atomic E-state index is 0.537. The molecule has 16 heavy (non-hydrogen) atoms. The zero-order chi connectivity index (χ0) is 11.5. The van der Waals surface area contributed by atoms with Crippen molar-refractivity contribution < 1.29 is 4.74 Å². The van der Waals surface area contributed by atoms with Crippen molar-refractivity contribution in [2.75, 3.05) is 7.11 Å². The Morgan fingerprint density at radius 1 is 1.25 bits per heavy atom. The van der Waals surface area contributed by atoms with E-state index < -0.39 is 11.1 Å². The number of hydrogen-bond acceptors (Lipinski definition) is 3. The highest BCUT2D eigenvalue weighted by molar-refractivity contribution is 5.46. The van der Waals surface area contributed by atoms with Crippen molar-refractivity contribution in [2.45, 2.75) is 0 Å². The fraction of sp³-hybridized carbons (Fsp3) is 0.0909. The molecule has 2 rings (SSSR count). The number of methoxy groups -OCH3 is 1. The predicted molar refractivity (Wildman–Crippen MR) is 59.2 cm³/mol. The molecule has 0 radical (unpaired) electrons. The van der Waals surface area contributed by atoms with Gasteiger partial charge in [-0.25, -0.2) is 0 Å². The fourth-order valence-electron chi connectivity index (χ4n) is 1.44. The number of para-hydroxylation sites is 2. The number of hydrogen-bond donors (Lipinski definition) is 1. The molecule has 0 saturated heterocycles. The van der Waals surface area contributed by atoms with Gasteiger partial charge in [-0.05, 0) is 12.1 Å². The summed E-state index contributed by atoms with van der Waals surface area (Å²) in [6.45, 7) is 0. The standard InChI is InChI=1S/C11H10N2O3/c1-16-9-5-3-2-4-8(9)13-7-6-12-10(14)11(13)15/h2-7H,1H3,(H,12,14). The largest absolute Gasteiger partial charge is 0.495 e. The molecule has 2 aromatic rings. The van der Waals surface area contributed by atoms with Crippen molar-refractivity contribution >= 4 is 0 Å². The van der Waals surface area contributed by atoms with Crippen LogP contribution in [0.2, 0.25) is 0 Å². The fourth-order valence-corrected chi connectivity index (χ4v) is 1.44. The lowest BCUT2D eigenvalue weighted by atomic mass is 10.3. The first-order chi connectivity index (χ1) is 7.74. The van der Waals surface area contributed by atoms with E-state index in [0.29, 0.717) is 11.4 Å². The molecule has 1 N–H and O–H groups in total. The third kappa shape index (κ3) is 1.63. The lowest BCUT2D eigenvalue weighted by Crippen LogP contribution is -2.34. The highest BCUT2D eigenvalue weighted by Gasteiger charge is 2.06. The van der Waals surface area contributed by atoms with E-state index in [-0.39, 0.29) is 0 Å². The first kappa shape index (κ1) is 10.2. The van der Waals surface area contributed by atoms with Crippen LogP contribution in [0.5, 0.6) is 5.75 Å². The molecule has 0 aliphatic carbocycles. The number of nitrogens with zero attached hydrogens (tertiary/aromatic N) is 1. The van der Waals surface area contributed by atoms with Gasteiger partial charge in [-0.1, -0.05) is 12.1 Å². The van der Waals surface area contributed by atoms with Gasteiger partial charge in [-0.3, -0.25) is 14.2 Å². The molecule has 82 valence electrons. The zero-order valence-corrected chi connectivity index (χ0v) is 8.64. The van der Waals surface area contributed by atoms with Crippen LogP contribution >= 0.6 is 0 Å². The van der Waals surface area contributed by atoms with Gasteiger partial charge in [-0.2, -0.15) is 0 Å². The monoisotopic (exact) mass is 218 g/mol. The molecule has 0 spiro atoms. The molecule has 0 amide bonds. The van der Waals surface area contributed by atoms with Crippen LogP contribution < -0.4 is 15.9 Å². The number of ether oxygens (including phenoxy) is 1. The van der Waals surface area contributed by atoms with Gasteiger partial charge in [0.05, 0.1) is 12.8 Å². The number of aromatic amines is 1. The van der Waals surface area contributed by atoms with Gasteiger partial charge in [0.1, 0.15) is 5.75 Å². The van der Waals surface area contributed by atoms with E-state index >= 15 is 0 Å². The Hall–Kier alpha value is -2.30. The van der Waals surface area contributed by atoms with Crippen LogP contribution in [0.25, 0.3) is 5.69 Å². The molecule has 0 bridgehead atoms. The second kappa shape index (κ2) is 4.06. The maximum atomic E-state index is 11.6. The minimum atomic E-state index is -0.659.